The number of halogens is 2. The van der Waals surface area contributed by atoms with E-state index in [0.29, 0.717) is 0 Å². The molecule has 0 fully saturated rings. The van der Waals surface area contributed by atoms with E-state index in [1.807, 2.05) is 0 Å². The summed E-state index contributed by atoms with van der Waals surface area (Å²) in [4.78, 5) is 9.75. The third-order valence-corrected chi connectivity index (χ3v) is 1.83. The Morgan fingerprint density at radius 2 is 1.88 bits per heavy atom. The minimum atomic E-state index is -1.44. The maximum absolute atomic E-state index is 9.75. The number of rotatable bonds is 2. The fraction of sp³-hybridized carbons (Fsp3) is 1.00. The van der Waals surface area contributed by atoms with Crippen molar-refractivity contribution in [3.63, 3.8) is 0 Å². The van der Waals surface area contributed by atoms with Gasteiger partial charge in [-0.25, -0.2) is 0 Å². The van der Waals surface area contributed by atoms with Crippen LogP contribution in [-0.2, 0) is 0 Å². The molecule has 0 unspecified atom stereocenters. The monoisotopic (exact) mass is 155 g/mol. The normalized spacial score (nSPS) is 12.1. The Kier molecular flexibility index (Phi) is 2.71. The van der Waals surface area contributed by atoms with Crippen LogP contribution < -0.4 is 0 Å². The maximum atomic E-state index is 9.75. The number of hydrogen-bond donors (Lipinski definition) is 0. The molecule has 0 spiro atoms. The van der Waals surface area contributed by atoms with Crippen molar-refractivity contribution in [3.05, 3.63) is 4.91 Å². The molecule has 0 aromatic carbocycles. The molecule has 4 heteroatoms. The summed E-state index contributed by atoms with van der Waals surface area (Å²) in [6.07, 6.45) is 0. The molecule has 0 N–H and O–H groups in total. The summed E-state index contributed by atoms with van der Waals surface area (Å²) in [7, 11) is 0. The van der Waals surface area contributed by atoms with Gasteiger partial charge in [0.15, 0.2) is 0 Å². The van der Waals surface area contributed by atoms with E-state index in [1.54, 1.807) is 13.8 Å². The van der Waals surface area contributed by atoms with E-state index in [4.69, 9.17) is 23.2 Å². The fourth-order valence-electron chi connectivity index (χ4n) is 0.105. The zero-order valence-electron chi connectivity index (χ0n) is 4.69. The predicted molar refractivity (Wildman–Crippen MR) is 35.1 cm³/mol. The second-order valence-electron chi connectivity index (χ2n) is 1.83. The minimum absolute atomic E-state index is 0.136. The average Bonchev–Trinajstić information content (AvgIpc) is 1.67. The van der Waals surface area contributed by atoms with E-state index in [1.165, 1.54) is 0 Å². The molecule has 0 atom stereocenters. The van der Waals surface area contributed by atoms with Crippen molar-refractivity contribution in [2.24, 2.45) is 11.1 Å². The van der Waals surface area contributed by atoms with Gasteiger partial charge in [0, 0.05) is 5.92 Å². The zero-order valence-corrected chi connectivity index (χ0v) is 6.20. The van der Waals surface area contributed by atoms with Crippen LogP contribution in [0, 0.1) is 10.8 Å². The molecule has 0 saturated heterocycles. The first-order chi connectivity index (χ1) is 3.50. The first-order valence-electron chi connectivity index (χ1n) is 2.23. The van der Waals surface area contributed by atoms with Gasteiger partial charge in [0.1, 0.15) is 0 Å². The van der Waals surface area contributed by atoms with Crippen LogP contribution in [0.2, 0.25) is 0 Å². The van der Waals surface area contributed by atoms with Crippen molar-refractivity contribution < 1.29 is 0 Å². The molecule has 0 aromatic rings. The van der Waals surface area contributed by atoms with Gasteiger partial charge in [-0.2, -0.15) is 0 Å². The summed E-state index contributed by atoms with van der Waals surface area (Å²) < 4.78 is -1.44. The van der Waals surface area contributed by atoms with E-state index in [0.717, 1.165) is 0 Å². The lowest BCUT2D eigenvalue weighted by Crippen LogP contribution is -2.16. The smallest absolute Gasteiger partial charge is 0.148 e. The molecule has 0 aliphatic heterocycles. The van der Waals surface area contributed by atoms with Crippen molar-refractivity contribution in [3.8, 4) is 0 Å². The number of hydrogen-bond acceptors (Lipinski definition) is 2. The van der Waals surface area contributed by atoms with Crippen LogP contribution >= 0.6 is 23.2 Å². The summed E-state index contributed by atoms with van der Waals surface area (Å²) in [5.41, 5.74) is 0. The Labute approximate surface area is 58.1 Å². The van der Waals surface area contributed by atoms with Crippen LogP contribution in [-0.4, -0.2) is 4.46 Å². The van der Waals surface area contributed by atoms with Crippen molar-refractivity contribution in [2.45, 2.75) is 18.3 Å². The Morgan fingerprint density at radius 3 is 1.88 bits per heavy atom. The zero-order chi connectivity index (χ0) is 6.78. The summed E-state index contributed by atoms with van der Waals surface area (Å²) in [6, 6.07) is 0. The summed E-state index contributed by atoms with van der Waals surface area (Å²) in [5, 5.41) is 2.50. The van der Waals surface area contributed by atoms with Gasteiger partial charge in [0.25, 0.3) is 4.46 Å². The first-order valence-corrected chi connectivity index (χ1v) is 2.98. The van der Waals surface area contributed by atoms with Crippen molar-refractivity contribution in [1.82, 2.24) is 0 Å². The van der Waals surface area contributed by atoms with Gasteiger partial charge in [-0.3, -0.25) is 0 Å². The van der Waals surface area contributed by atoms with Crippen LogP contribution in [0.1, 0.15) is 13.8 Å². The molecule has 0 bridgehead atoms. The molecule has 0 heterocycles. The summed E-state index contributed by atoms with van der Waals surface area (Å²) >= 11 is 10.7. The molecule has 0 aliphatic carbocycles. The molecule has 0 rings (SSSR count). The predicted octanol–water partition coefficient (Wildman–Crippen LogP) is 2.54. The number of alkyl halides is 2. The van der Waals surface area contributed by atoms with Gasteiger partial charge in [0.05, 0.1) is 0 Å². The van der Waals surface area contributed by atoms with Crippen molar-refractivity contribution in [2.75, 3.05) is 0 Å². The lowest BCUT2D eigenvalue weighted by molar-refractivity contribution is 0.566. The maximum Gasteiger partial charge on any atom is 0.250 e. The molecule has 0 amide bonds. The van der Waals surface area contributed by atoms with E-state index in [-0.39, 0.29) is 5.92 Å². The molecule has 2 nitrogen and oxygen atoms in total. The highest BCUT2D eigenvalue weighted by atomic mass is 35.5. The highest BCUT2D eigenvalue weighted by Crippen LogP contribution is 2.30. The van der Waals surface area contributed by atoms with Crippen molar-refractivity contribution in [1.29, 1.82) is 0 Å². The molecular weight excluding hydrogens is 149 g/mol. The van der Waals surface area contributed by atoms with Crippen molar-refractivity contribution >= 4 is 23.2 Å². The van der Waals surface area contributed by atoms with Crippen LogP contribution in [0.5, 0.6) is 0 Å². The van der Waals surface area contributed by atoms with Gasteiger partial charge in [-0.1, -0.05) is 37.0 Å². The van der Waals surface area contributed by atoms with Crippen LogP contribution in [0.4, 0.5) is 0 Å². The third kappa shape index (κ3) is 1.97. The fourth-order valence-corrected chi connectivity index (χ4v) is 0.105. The quantitative estimate of drug-likeness (QED) is 0.343. The van der Waals surface area contributed by atoms with Gasteiger partial charge < -0.3 is 0 Å². The largest absolute Gasteiger partial charge is 0.250 e. The molecule has 48 valence electrons. The summed E-state index contributed by atoms with van der Waals surface area (Å²) in [5.74, 6) is -0.136. The number of nitroso groups, excluding NO2 is 1. The molecule has 0 radical (unpaired) electrons. The van der Waals surface area contributed by atoms with Gasteiger partial charge in [-0.15, -0.1) is 4.91 Å². The third-order valence-electron chi connectivity index (χ3n) is 0.816. The molecule has 0 aliphatic rings. The number of nitrogens with zero attached hydrogens (tertiary/aromatic N) is 1. The standard InChI is InChI=1S/C4H7Cl2NO/c1-3(2)4(5,6)7-8/h3H,1-2H3. The van der Waals surface area contributed by atoms with Crippen LogP contribution in [0.25, 0.3) is 0 Å². The lowest BCUT2D eigenvalue weighted by Gasteiger charge is -2.12. The molecule has 0 aromatic heterocycles. The molecule has 0 saturated carbocycles. The Bertz CT molecular complexity index is 92.0. The van der Waals surface area contributed by atoms with E-state index >= 15 is 0 Å². The SMILES string of the molecule is CC(C)C(Cl)(Cl)N=O. The highest BCUT2D eigenvalue weighted by Gasteiger charge is 2.28. The first kappa shape index (κ1) is 8.18. The second kappa shape index (κ2) is 2.65. The van der Waals surface area contributed by atoms with Crippen LogP contribution in [0.15, 0.2) is 5.18 Å². The Hall–Kier alpha value is 0.180. The second-order valence-corrected chi connectivity index (χ2v) is 3.18. The van der Waals surface area contributed by atoms with E-state index in [9.17, 15) is 4.91 Å². The Balaban J connectivity index is 3.90. The average molecular weight is 156 g/mol. The van der Waals surface area contributed by atoms with Crippen LogP contribution in [0.3, 0.4) is 0 Å². The van der Waals surface area contributed by atoms with Gasteiger partial charge in [0.2, 0.25) is 0 Å². The lowest BCUT2D eigenvalue weighted by atomic mass is 10.2. The summed E-state index contributed by atoms with van der Waals surface area (Å²) in [6.45, 7) is 3.45. The topological polar surface area (TPSA) is 29.4 Å². The van der Waals surface area contributed by atoms with Gasteiger partial charge in [-0.05, 0) is 5.18 Å². The van der Waals surface area contributed by atoms with E-state index in [2.05, 4.69) is 5.18 Å². The molecule has 8 heavy (non-hydrogen) atoms. The molecular formula is C4H7Cl2NO. The van der Waals surface area contributed by atoms with Gasteiger partial charge >= 0.3 is 0 Å². The Morgan fingerprint density at radius 1 is 1.50 bits per heavy atom. The van der Waals surface area contributed by atoms with E-state index < -0.39 is 4.46 Å². The highest BCUT2D eigenvalue weighted by molar-refractivity contribution is 6.48. The minimum Gasteiger partial charge on any atom is -0.148 e.